The predicted octanol–water partition coefficient (Wildman–Crippen LogP) is 3.05. The highest BCUT2D eigenvalue weighted by molar-refractivity contribution is 6.00. The fourth-order valence-electron chi connectivity index (χ4n) is 1.95. The third kappa shape index (κ3) is 2.90. The lowest BCUT2D eigenvalue weighted by Crippen LogP contribution is -2.36. The molecular formula is C16H21N3O. The van der Waals surface area contributed by atoms with E-state index in [1.807, 2.05) is 44.3 Å². The minimum absolute atomic E-state index is 0.119. The molecule has 1 aromatic carbocycles. The van der Waals surface area contributed by atoms with Gasteiger partial charge in [0.05, 0.1) is 0 Å². The van der Waals surface area contributed by atoms with Crippen molar-refractivity contribution in [3.8, 4) is 0 Å². The Morgan fingerprint density at radius 3 is 2.55 bits per heavy atom. The van der Waals surface area contributed by atoms with E-state index in [0.29, 0.717) is 11.6 Å². The number of amides is 1. The van der Waals surface area contributed by atoms with Gasteiger partial charge in [0.25, 0.3) is 5.91 Å². The van der Waals surface area contributed by atoms with Crippen LogP contribution in [-0.2, 0) is 0 Å². The Kier molecular flexibility index (Phi) is 4.23. The molecule has 0 aliphatic rings. The van der Waals surface area contributed by atoms with Crippen molar-refractivity contribution in [1.29, 1.82) is 0 Å². The van der Waals surface area contributed by atoms with Crippen molar-refractivity contribution in [3.05, 3.63) is 36.0 Å². The Morgan fingerprint density at radius 2 is 1.90 bits per heavy atom. The van der Waals surface area contributed by atoms with Gasteiger partial charge in [-0.2, -0.15) is 0 Å². The van der Waals surface area contributed by atoms with E-state index in [2.05, 4.69) is 29.5 Å². The highest BCUT2D eigenvalue weighted by Crippen LogP contribution is 2.22. The third-order valence-corrected chi connectivity index (χ3v) is 3.57. The summed E-state index contributed by atoms with van der Waals surface area (Å²) in [6.45, 7) is 6.16. The van der Waals surface area contributed by atoms with Crippen LogP contribution in [0.5, 0.6) is 0 Å². The average molecular weight is 271 g/mol. The molecule has 2 N–H and O–H groups in total. The number of rotatable bonds is 4. The van der Waals surface area contributed by atoms with E-state index in [1.165, 1.54) is 0 Å². The molecule has 0 saturated heterocycles. The summed E-state index contributed by atoms with van der Waals surface area (Å²) in [6, 6.07) is 9.85. The Hall–Kier alpha value is -2.10. The summed E-state index contributed by atoms with van der Waals surface area (Å²) < 4.78 is 0. The summed E-state index contributed by atoms with van der Waals surface area (Å²) in [5.74, 6) is 0.988. The fourth-order valence-corrected chi connectivity index (χ4v) is 1.95. The third-order valence-electron chi connectivity index (χ3n) is 3.57. The van der Waals surface area contributed by atoms with E-state index < -0.39 is 0 Å². The van der Waals surface area contributed by atoms with Gasteiger partial charge in [-0.05, 0) is 24.3 Å². The molecule has 1 atom stereocenters. The summed E-state index contributed by atoms with van der Waals surface area (Å²) in [5.41, 5.74) is 0.445. The molecule has 0 saturated carbocycles. The minimum atomic E-state index is -0.131. The number of carbonyl (C=O) groups is 1. The monoisotopic (exact) mass is 271 g/mol. The van der Waals surface area contributed by atoms with Crippen LogP contribution in [0.25, 0.3) is 10.8 Å². The average Bonchev–Trinajstić information content (AvgIpc) is 2.45. The molecular weight excluding hydrogens is 250 g/mol. The molecule has 0 aliphatic carbocycles. The number of nitrogens with zero attached hydrogens (tertiary/aromatic N) is 1. The highest BCUT2D eigenvalue weighted by Gasteiger charge is 2.15. The first-order valence-electron chi connectivity index (χ1n) is 6.91. The van der Waals surface area contributed by atoms with Gasteiger partial charge >= 0.3 is 0 Å². The van der Waals surface area contributed by atoms with Crippen molar-refractivity contribution in [3.63, 3.8) is 0 Å². The molecule has 1 aromatic heterocycles. The number of fused-ring (bicyclic) bond motifs is 1. The van der Waals surface area contributed by atoms with Crippen molar-refractivity contribution < 1.29 is 4.79 Å². The molecule has 106 valence electrons. The normalized spacial score (nSPS) is 12.4. The number of carbonyl (C=O) groups excluding carboxylic acids is 1. The Bertz CT molecular complexity index is 622. The second-order valence-electron chi connectivity index (χ2n) is 5.33. The summed E-state index contributed by atoms with van der Waals surface area (Å²) in [6.07, 6.45) is 0. The van der Waals surface area contributed by atoms with E-state index >= 15 is 0 Å². The van der Waals surface area contributed by atoms with Gasteiger partial charge < -0.3 is 10.6 Å². The number of hydrogen-bond acceptors (Lipinski definition) is 3. The molecule has 20 heavy (non-hydrogen) atoms. The van der Waals surface area contributed by atoms with E-state index in [0.717, 1.165) is 16.6 Å². The summed E-state index contributed by atoms with van der Waals surface area (Å²) in [7, 11) is 1.81. The quantitative estimate of drug-likeness (QED) is 0.898. The van der Waals surface area contributed by atoms with E-state index in [4.69, 9.17) is 0 Å². The molecule has 0 radical (unpaired) electrons. The van der Waals surface area contributed by atoms with Gasteiger partial charge in [-0.15, -0.1) is 0 Å². The van der Waals surface area contributed by atoms with E-state index in [9.17, 15) is 4.79 Å². The van der Waals surface area contributed by atoms with Crippen molar-refractivity contribution in [1.82, 2.24) is 10.3 Å². The van der Waals surface area contributed by atoms with Crippen LogP contribution in [0.1, 0.15) is 31.3 Å². The van der Waals surface area contributed by atoms with E-state index in [-0.39, 0.29) is 11.9 Å². The highest BCUT2D eigenvalue weighted by atomic mass is 16.1. The molecule has 4 nitrogen and oxygen atoms in total. The first-order chi connectivity index (χ1) is 9.52. The predicted molar refractivity (Wildman–Crippen MR) is 83.1 cm³/mol. The van der Waals surface area contributed by atoms with Gasteiger partial charge in [0, 0.05) is 18.5 Å². The molecule has 1 heterocycles. The summed E-state index contributed by atoms with van der Waals surface area (Å²) in [4.78, 5) is 16.7. The molecule has 4 heteroatoms. The van der Waals surface area contributed by atoms with Gasteiger partial charge in [-0.3, -0.25) is 4.79 Å². The lowest BCUT2D eigenvalue weighted by atomic mass is 10.1. The van der Waals surface area contributed by atoms with Crippen molar-refractivity contribution in [2.24, 2.45) is 5.92 Å². The number of benzene rings is 1. The zero-order chi connectivity index (χ0) is 14.7. The zero-order valence-electron chi connectivity index (χ0n) is 12.4. The SMILES string of the molecule is CNc1nc(C(=O)NC(C)C(C)C)cc2ccccc12. The topological polar surface area (TPSA) is 54.0 Å². The summed E-state index contributed by atoms with van der Waals surface area (Å²) >= 11 is 0. The first kappa shape index (κ1) is 14.3. The van der Waals surface area contributed by atoms with Gasteiger partial charge in [0.1, 0.15) is 11.5 Å². The lowest BCUT2D eigenvalue weighted by molar-refractivity contribution is 0.0926. The van der Waals surface area contributed by atoms with Crippen LogP contribution in [0, 0.1) is 5.92 Å². The molecule has 2 aromatic rings. The number of hydrogen-bond donors (Lipinski definition) is 2. The van der Waals surface area contributed by atoms with Crippen LogP contribution in [0.4, 0.5) is 5.82 Å². The molecule has 0 fully saturated rings. The fraction of sp³-hybridized carbons (Fsp3) is 0.375. The maximum Gasteiger partial charge on any atom is 0.270 e. The van der Waals surface area contributed by atoms with E-state index in [1.54, 1.807) is 0 Å². The molecule has 0 bridgehead atoms. The molecule has 1 unspecified atom stereocenters. The van der Waals surface area contributed by atoms with Crippen LogP contribution in [0.15, 0.2) is 30.3 Å². The molecule has 2 rings (SSSR count). The van der Waals surface area contributed by atoms with Gasteiger partial charge in [0.15, 0.2) is 0 Å². The smallest absolute Gasteiger partial charge is 0.270 e. The molecule has 0 spiro atoms. The Labute approximate surface area is 119 Å². The van der Waals surface area contributed by atoms with Crippen LogP contribution in [-0.4, -0.2) is 24.0 Å². The minimum Gasteiger partial charge on any atom is -0.373 e. The maximum atomic E-state index is 12.3. The maximum absolute atomic E-state index is 12.3. The number of aromatic nitrogens is 1. The van der Waals surface area contributed by atoms with Crippen LogP contribution >= 0.6 is 0 Å². The first-order valence-corrected chi connectivity index (χ1v) is 6.91. The van der Waals surface area contributed by atoms with Crippen molar-refractivity contribution >= 4 is 22.5 Å². The second-order valence-corrected chi connectivity index (χ2v) is 5.33. The number of nitrogens with one attached hydrogen (secondary N) is 2. The largest absolute Gasteiger partial charge is 0.373 e. The standard InChI is InChI=1S/C16H21N3O/c1-10(2)11(3)18-16(20)14-9-12-7-5-6-8-13(12)15(17-4)19-14/h5-11H,1-4H3,(H,17,19)(H,18,20). The van der Waals surface area contributed by atoms with Crippen LogP contribution in [0.3, 0.4) is 0 Å². The summed E-state index contributed by atoms with van der Waals surface area (Å²) in [5, 5.41) is 8.06. The van der Waals surface area contributed by atoms with Gasteiger partial charge in [-0.25, -0.2) is 4.98 Å². The van der Waals surface area contributed by atoms with Gasteiger partial charge in [0.2, 0.25) is 0 Å². The Morgan fingerprint density at radius 1 is 1.20 bits per heavy atom. The number of pyridine rings is 1. The molecule has 0 aliphatic heterocycles. The van der Waals surface area contributed by atoms with Crippen LogP contribution in [0.2, 0.25) is 0 Å². The second kappa shape index (κ2) is 5.90. The Balaban J connectivity index is 2.37. The number of anilines is 1. The zero-order valence-corrected chi connectivity index (χ0v) is 12.4. The van der Waals surface area contributed by atoms with Crippen LogP contribution < -0.4 is 10.6 Å². The molecule has 1 amide bonds. The van der Waals surface area contributed by atoms with Crippen molar-refractivity contribution in [2.45, 2.75) is 26.8 Å². The lowest BCUT2D eigenvalue weighted by Gasteiger charge is -2.17. The van der Waals surface area contributed by atoms with Gasteiger partial charge in [-0.1, -0.05) is 38.1 Å². The van der Waals surface area contributed by atoms with Crippen molar-refractivity contribution in [2.75, 3.05) is 12.4 Å².